The van der Waals surface area contributed by atoms with Gasteiger partial charge >= 0.3 is 11.9 Å². The molecule has 66 heavy (non-hydrogen) atoms. The third-order valence-corrected chi connectivity index (χ3v) is 13.1. The van der Waals surface area contributed by atoms with Gasteiger partial charge in [0, 0.05) is 12.8 Å². The number of carbonyl (C=O) groups is 2. The summed E-state index contributed by atoms with van der Waals surface area (Å²) < 4.78 is 34.1. The molecule has 2 atom stereocenters. The molecule has 0 spiro atoms. The van der Waals surface area contributed by atoms with Crippen LogP contribution in [0.15, 0.2) is 36.5 Å². The highest BCUT2D eigenvalue weighted by Crippen LogP contribution is 2.38. The number of allylic oxidation sites excluding steroid dienone is 6. The van der Waals surface area contributed by atoms with E-state index in [0.29, 0.717) is 23.9 Å². The molecule has 10 heteroatoms. The van der Waals surface area contributed by atoms with Crippen molar-refractivity contribution in [2.45, 2.75) is 264 Å². The van der Waals surface area contributed by atoms with Gasteiger partial charge in [-0.1, -0.05) is 217 Å². The number of hydrogen-bond donors (Lipinski definition) is 0. The smallest absolute Gasteiger partial charge is 0.306 e. The summed E-state index contributed by atoms with van der Waals surface area (Å²) >= 11 is 0. The highest BCUT2D eigenvalue weighted by Gasteiger charge is 2.21. The molecule has 0 aromatic rings. The average molecular weight is 952 g/mol. The molecule has 0 aliphatic rings. The van der Waals surface area contributed by atoms with Crippen molar-refractivity contribution in [3.63, 3.8) is 0 Å². The van der Waals surface area contributed by atoms with Crippen LogP contribution >= 0.6 is 7.82 Å². The van der Waals surface area contributed by atoms with Crippen molar-refractivity contribution in [1.82, 2.24) is 0 Å². The van der Waals surface area contributed by atoms with Crippen LogP contribution in [0.3, 0.4) is 0 Å². The van der Waals surface area contributed by atoms with Gasteiger partial charge in [-0.25, -0.2) is 0 Å². The largest absolute Gasteiger partial charge is 0.756 e. The van der Waals surface area contributed by atoms with Crippen LogP contribution in [-0.4, -0.2) is 70.0 Å². The molecule has 1 unspecified atom stereocenters. The van der Waals surface area contributed by atoms with Crippen LogP contribution in [0.2, 0.25) is 0 Å². The molecule has 9 nitrogen and oxygen atoms in total. The first-order valence-corrected chi connectivity index (χ1v) is 29.2. The van der Waals surface area contributed by atoms with Gasteiger partial charge in [-0.05, 0) is 64.2 Å². The first-order chi connectivity index (χ1) is 32.0. The van der Waals surface area contributed by atoms with E-state index >= 15 is 0 Å². The van der Waals surface area contributed by atoms with Gasteiger partial charge in [0.25, 0.3) is 7.82 Å². The van der Waals surface area contributed by atoms with E-state index in [9.17, 15) is 19.0 Å². The van der Waals surface area contributed by atoms with Crippen LogP contribution in [0.5, 0.6) is 0 Å². The zero-order valence-corrected chi connectivity index (χ0v) is 44.8. The summed E-state index contributed by atoms with van der Waals surface area (Å²) in [6.45, 7) is 4.21. The molecule has 0 saturated carbocycles. The van der Waals surface area contributed by atoms with Crippen LogP contribution in [0.1, 0.15) is 258 Å². The van der Waals surface area contributed by atoms with Crippen molar-refractivity contribution >= 4 is 19.8 Å². The summed E-state index contributed by atoms with van der Waals surface area (Å²) in [4.78, 5) is 37.8. The van der Waals surface area contributed by atoms with Crippen LogP contribution in [0.25, 0.3) is 0 Å². The van der Waals surface area contributed by atoms with E-state index in [1.807, 2.05) is 21.1 Å². The molecular weight excluding hydrogens is 846 g/mol. The minimum Gasteiger partial charge on any atom is -0.756 e. The van der Waals surface area contributed by atoms with Crippen molar-refractivity contribution < 1.29 is 42.1 Å². The fourth-order valence-electron chi connectivity index (χ4n) is 7.81. The molecule has 0 bridgehead atoms. The Hall–Kier alpha value is -1.77. The molecule has 0 aliphatic carbocycles. The topological polar surface area (TPSA) is 111 Å². The van der Waals surface area contributed by atoms with Gasteiger partial charge in [-0.2, -0.15) is 0 Å². The number of likely N-dealkylation sites (N-methyl/N-ethyl adjacent to an activating group) is 1. The standard InChI is InChI=1S/C56H106NO8P/c1-6-8-10-12-14-16-18-20-22-24-26-27-28-29-31-32-34-36-38-40-42-44-46-48-55(58)62-52-54(53-64-66(60,61)63-51-50-57(3,4)5)65-56(59)49-47-45-43-41-39-37-35-33-30-25-23-21-19-17-15-13-11-9-7-2/h15,17,21,23,40,42,54H,6-14,16,18-20,22,24-39,41,43-53H2,1-5H3/b17-15+,23-21+,42-40+/t54-/m1/s1. The minimum absolute atomic E-state index is 0.0348. The lowest BCUT2D eigenvalue weighted by atomic mass is 10.0. The number of ether oxygens (including phenoxy) is 2. The number of unbranched alkanes of at least 4 members (excludes halogenated alkanes) is 31. The number of hydrogen-bond acceptors (Lipinski definition) is 8. The van der Waals surface area contributed by atoms with Gasteiger partial charge in [-0.15, -0.1) is 0 Å². The number of esters is 2. The van der Waals surface area contributed by atoms with Gasteiger partial charge in [-0.3, -0.25) is 14.2 Å². The van der Waals surface area contributed by atoms with Gasteiger partial charge in [0.2, 0.25) is 0 Å². The molecule has 0 N–H and O–H groups in total. The number of phosphoric acid groups is 1. The van der Waals surface area contributed by atoms with Crippen LogP contribution in [0, 0.1) is 0 Å². The van der Waals surface area contributed by atoms with Crippen LogP contribution in [0.4, 0.5) is 0 Å². The van der Waals surface area contributed by atoms with Crippen LogP contribution in [-0.2, 0) is 32.7 Å². The fourth-order valence-corrected chi connectivity index (χ4v) is 8.54. The maximum atomic E-state index is 12.8. The number of carbonyl (C=O) groups excluding carboxylic acids is 2. The highest BCUT2D eigenvalue weighted by molar-refractivity contribution is 7.45. The average Bonchev–Trinajstić information content (AvgIpc) is 3.27. The maximum Gasteiger partial charge on any atom is 0.306 e. The molecule has 388 valence electrons. The van der Waals surface area contributed by atoms with E-state index < -0.39 is 32.5 Å². The Balaban J connectivity index is 4.21. The molecule has 0 saturated heterocycles. The van der Waals surface area contributed by atoms with Crippen molar-refractivity contribution in [1.29, 1.82) is 0 Å². The summed E-state index contributed by atoms with van der Waals surface area (Å²) in [5.41, 5.74) is 0. The molecular formula is C56H106NO8P. The minimum atomic E-state index is -4.64. The second-order valence-corrected chi connectivity index (χ2v) is 21.4. The molecule has 0 aromatic carbocycles. The van der Waals surface area contributed by atoms with Gasteiger partial charge in [0.1, 0.15) is 19.8 Å². The Kier molecular flexibility index (Phi) is 47.0. The Labute approximate surface area is 408 Å². The fraction of sp³-hybridized carbons (Fsp3) is 0.857. The number of phosphoric ester groups is 1. The lowest BCUT2D eigenvalue weighted by Crippen LogP contribution is -2.37. The van der Waals surface area contributed by atoms with Crippen molar-refractivity contribution in [3.05, 3.63) is 36.5 Å². The molecule has 0 amide bonds. The molecule has 0 aliphatic heterocycles. The molecule has 0 rings (SSSR count). The summed E-state index contributed by atoms with van der Waals surface area (Å²) in [5, 5.41) is 0. The van der Waals surface area contributed by atoms with Crippen molar-refractivity contribution in [2.75, 3.05) is 47.5 Å². The molecule has 0 aromatic heterocycles. The Morgan fingerprint density at radius 2 is 0.833 bits per heavy atom. The van der Waals surface area contributed by atoms with Crippen LogP contribution < -0.4 is 4.89 Å². The SMILES string of the molecule is CCCCC/C=C/C/C=C/CCCCCCCCCCCC(=O)O[C@H](COC(=O)CCC/C=C/CCCCCCCCCCCCCCCCCCCC)COP(=O)([O-])OCC[N+](C)(C)C. The second kappa shape index (κ2) is 48.3. The first kappa shape index (κ1) is 64.2. The van der Waals surface area contributed by atoms with E-state index in [2.05, 4.69) is 50.3 Å². The van der Waals surface area contributed by atoms with E-state index in [1.54, 1.807) is 0 Å². The summed E-state index contributed by atoms with van der Waals surface area (Å²) in [6, 6.07) is 0. The first-order valence-electron chi connectivity index (χ1n) is 27.7. The van der Waals surface area contributed by atoms with E-state index in [4.69, 9.17) is 18.5 Å². The quantitative estimate of drug-likeness (QED) is 0.0195. The van der Waals surface area contributed by atoms with E-state index in [0.717, 1.165) is 44.9 Å². The summed E-state index contributed by atoms with van der Waals surface area (Å²) in [5.74, 6) is -0.867. The second-order valence-electron chi connectivity index (χ2n) is 19.9. The number of quaternary nitrogens is 1. The van der Waals surface area contributed by atoms with Gasteiger partial charge in [0.15, 0.2) is 6.10 Å². The number of nitrogens with zero attached hydrogens (tertiary/aromatic N) is 1. The molecule has 0 fully saturated rings. The molecule has 0 radical (unpaired) electrons. The van der Waals surface area contributed by atoms with Gasteiger partial charge < -0.3 is 27.9 Å². The van der Waals surface area contributed by atoms with Crippen molar-refractivity contribution in [2.24, 2.45) is 0 Å². The Morgan fingerprint density at radius 3 is 1.29 bits per heavy atom. The third-order valence-electron chi connectivity index (χ3n) is 12.1. The normalized spacial score (nSPS) is 13.6. The lowest BCUT2D eigenvalue weighted by Gasteiger charge is -2.28. The maximum absolute atomic E-state index is 12.8. The van der Waals surface area contributed by atoms with Gasteiger partial charge in [0.05, 0.1) is 27.7 Å². The van der Waals surface area contributed by atoms with E-state index in [1.165, 1.54) is 173 Å². The zero-order chi connectivity index (χ0) is 48.5. The van der Waals surface area contributed by atoms with E-state index in [-0.39, 0.29) is 26.1 Å². The predicted molar refractivity (Wildman–Crippen MR) is 277 cm³/mol. The highest BCUT2D eigenvalue weighted by atomic mass is 31.2. The Bertz CT molecular complexity index is 1210. The lowest BCUT2D eigenvalue weighted by molar-refractivity contribution is -0.870. The summed E-state index contributed by atoms with van der Waals surface area (Å²) in [7, 11) is 1.16. The third kappa shape index (κ3) is 51.6. The predicted octanol–water partition coefficient (Wildman–Crippen LogP) is 16.2. The monoisotopic (exact) mass is 952 g/mol. The zero-order valence-electron chi connectivity index (χ0n) is 43.9. The summed E-state index contributed by atoms with van der Waals surface area (Å²) in [6.07, 6.45) is 57.6. The number of rotatable bonds is 51. The molecule has 0 heterocycles. The van der Waals surface area contributed by atoms with Crippen molar-refractivity contribution in [3.8, 4) is 0 Å². The Morgan fingerprint density at radius 1 is 0.470 bits per heavy atom.